The van der Waals surface area contributed by atoms with Crippen LogP contribution in [0.4, 0.5) is 0 Å². The van der Waals surface area contributed by atoms with E-state index in [4.69, 9.17) is 5.26 Å². The summed E-state index contributed by atoms with van der Waals surface area (Å²) in [6.07, 6.45) is 0. The topological polar surface area (TPSA) is 90.2 Å². The van der Waals surface area contributed by atoms with Crippen LogP contribution >= 0.6 is 0 Å². The Morgan fingerprint density at radius 1 is 1.45 bits per heavy atom. The molecule has 6 heteroatoms. The van der Waals surface area contributed by atoms with Crippen molar-refractivity contribution in [3.8, 4) is 6.07 Å². The van der Waals surface area contributed by atoms with Gasteiger partial charge in [0.2, 0.25) is 10.0 Å². The summed E-state index contributed by atoms with van der Waals surface area (Å²) < 4.78 is 26.9. The number of rotatable bonds is 5. The molecule has 0 aliphatic carbocycles. The van der Waals surface area contributed by atoms with E-state index in [-0.39, 0.29) is 22.9 Å². The lowest BCUT2D eigenvalue weighted by molar-refractivity contribution is 0.0190. The van der Waals surface area contributed by atoms with Crippen LogP contribution in [0, 0.1) is 24.2 Å². The highest BCUT2D eigenvalue weighted by Gasteiger charge is 2.28. The average Bonchev–Trinajstić information content (AvgIpc) is 2.37. The minimum Gasteiger partial charge on any atom is -0.389 e. The Balaban J connectivity index is 3.04. The van der Waals surface area contributed by atoms with Crippen LogP contribution < -0.4 is 4.72 Å². The van der Waals surface area contributed by atoms with Gasteiger partial charge in [-0.2, -0.15) is 5.26 Å². The standard InChI is InChI=1S/C14H20N2O3S/c1-10(2)14(4,17)9-16-20(18,19)13-7-12(8-15)6-5-11(13)3/h5-7,10,16-17H,9H2,1-4H3. The lowest BCUT2D eigenvalue weighted by Crippen LogP contribution is -2.44. The molecule has 0 bridgehead atoms. The summed E-state index contributed by atoms with van der Waals surface area (Å²) in [6, 6.07) is 6.41. The van der Waals surface area contributed by atoms with Gasteiger partial charge in [0.05, 0.1) is 22.1 Å². The van der Waals surface area contributed by atoms with E-state index in [2.05, 4.69) is 4.72 Å². The molecular formula is C14H20N2O3S. The maximum absolute atomic E-state index is 12.3. The lowest BCUT2D eigenvalue weighted by Gasteiger charge is -2.27. The van der Waals surface area contributed by atoms with Gasteiger partial charge in [-0.15, -0.1) is 0 Å². The van der Waals surface area contributed by atoms with Crippen LogP contribution in [-0.2, 0) is 10.0 Å². The molecule has 5 nitrogen and oxygen atoms in total. The third kappa shape index (κ3) is 3.79. The lowest BCUT2D eigenvalue weighted by atomic mass is 9.93. The van der Waals surface area contributed by atoms with Crippen molar-refractivity contribution >= 4 is 10.0 Å². The van der Waals surface area contributed by atoms with E-state index < -0.39 is 15.6 Å². The summed E-state index contributed by atoms with van der Waals surface area (Å²) in [7, 11) is -3.75. The summed E-state index contributed by atoms with van der Waals surface area (Å²) in [5.74, 6) is -0.0864. The van der Waals surface area contributed by atoms with Crippen LogP contribution in [0.5, 0.6) is 0 Å². The number of nitrogens with zero attached hydrogens (tertiary/aromatic N) is 1. The van der Waals surface area contributed by atoms with E-state index in [0.717, 1.165) is 0 Å². The molecule has 0 aliphatic heterocycles. The van der Waals surface area contributed by atoms with E-state index in [1.807, 2.05) is 19.9 Å². The highest BCUT2D eigenvalue weighted by molar-refractivity contribution is 7.89. The third-order valence-corrected chi connectivity index (χ3v) is 5.01. The van der Waals surface area contributed by atoms with Gasteiger partial charge in [0, 0.05) is 6.54 Å². The van der Waals surface area contributed by atoms with Crippen molar-refractivity contribution in [3.05, 3.63) is 29.3 Å². The molecule has 0 heterocycles. The van der Waals surface area contributed by atoms with Gasteiger partial charge in [0.25, 0.3) is 0 Å². The monoisotopic (exact) mass is 296 g/mol. The fourth-order valence-corrected chi connectivity index (χ4v) is 2.89. The molecule has 1 aromatic carbocycles. The average molecular weight is 296 g/mol. The van der Waals surface area contributed by atoms with Crippen molar-refractivity contribution in [2.24, 2.45) is 5.92 Å². The van der Waals surface area contributed by atoms with Gasteiger partial charge in [0.15, 0.2) is 0 Å². The number of benzene rings is 1. The van der Waals surface area contributed by atoms with Gasteiger partial charge in [-0.05, 0) is 37.5 Å². The second-order valence-electron chi connectivity index (χ2n) is 5.43. The number of aryl methyl sites for hydroxylation is 1. The molecule has 1 rings (SSSR count). The predicted octanol–water partition coefficient (Wildman–Crippen LogP) is 1.55. The fourth-order valence-electron chi connectivity index (χ4n) is 1.48. The number of sulfonamides is 1. The normalized spacial score (nSPS) is 14.8. The first kappa shape index (κ1) is 16.6. The summed E-state index contributed by atoms with van der Waals surface area (Å²) in [5, 5.41) is 18.9. The van der Waals surface area contributed by atoms with Crippen molar-refractivity contribution in [1.82, 2.24) is 4.72 Å². The number of nitrogens with one attached hydrogen (secondary N) is 1. The van der Waals surface area contributed by atoms with Crippen molar-refractivity contribution in [3.63, 3.8) is 0 Å². The van der Waals surface area contributed by atoms with Gasteiger partial charge in [-0.25, -0.2) is 13.1 Å². The number of aliphatic hydroxyl groups is 1. The Bertz CT molecular complexity index is 628. The van der Waals surface area contributed by atoms with Gasteiger partial charge >= 0.3 is 0 Å². The number of hydrogen-bond donors (Lipinski definition) is 2. The number of nitriles is 1. The van der Waals surface area contributed by atoms with Crippen LogP contribution in [0.3, 0.4) is 0 Å². The highest BCUT2D eigenvalue weighted by atomic mass is 32.2. The minimum absolute atomic E-state index is 0.0658. The van der Waals surface area contributed by atoms with Crippen LogP contribution in [-0.4, -0.2) is 25.7 Å². The van der Waals surface area contributed by atoms with Crippen LogP contribution in [0.15, 0.2) is 23.1 Å². The first-order chi connectivity index (χ1) is 9.10. The van der Waals surface area contributed by atoms with Gasteiger partial charge < -0.3 is 5.11 Å². The van der Waals surface area contributed by atoms with E-state index in [9.17, 15) is 13.5 Å². The first-order valence-corrected chi connectivity index (χ1v) is 7.81. The van der Waals surface area contributed by atoms with Gasteiger partial charge in [0.1, 0.15) is 0 Å². The SMILES string of the molecule is Cc1ccc(C#N)cc1S(=O)(=O)NCC(C)(O)C(C)C. The van der Waals surface area contributed by atoms with Crippen LogP contribution in [0.1, 0.15) is 31.9 Å². The molecule has 1 unspecified atom stereocenters. The third-order valence-electron chi connectivity index (χ3n) is 3.47. The molecule has 0 saturated heterocycles. The molecule has 0 aromatic heterocycles. The van der Waals surface area contributed by atoms with Gasteiger partial charge in [-0.3, -0.25) is 0 Å². The van der Waals surface area contributed by atoms with E-state index in [1.54, 1.807) is 26.0 Å². The molecule has 0 aliphatic rings. The Morgan fingerprint density at radius 2 is 2.05 bits per heavy atom. The zero-order valence-corrected chi connectivity index (χ0v) is 13.0. The second-order valence-corrected chi connectivity index (χ2v) is 7.16. The van der Waals surface area contributed by atoms with Crippen LogP contribution in [0.25, 0.3) is 0 Å². The summed E-state index contributed by atoms with van der Waals surface area (Å²) in [5.41, 5.74) is -0.291. The maximum atomic E-state index is 12.3. The molecule has 2 N–H and O–H groups in total. The quantitative estimate of drug-likeness (QED) is 0.862. The molecule has 20 heavy (non-hydrogen) atoms. The Labute approximate surface area is 120 Å². The molecule has 1 aromatic rings. The van der Waals surface area contributed by atoms with Crippen molar-refractivity contribution in [2.45, 2.75) is 38.2 Å². The molecule has 0 spiro atoms. The molecule has 110 valence electrons. The van der Waals surface area contributed by atoms with Crippen molar-refractivity contribution < 1.29 is 13.5 Å². The summed E-state index contributed by atoms with van der Waals surface area (Å²) in [6.45, 7) is 6.80. The van der Waals surface area contributed by atoms with Crippen molar-refractivity contribution in [2.75, 3.05) is 6.54 Å². The highest BCUT2D eigenvalue weighted by Crippen LogP contribution is 2.19. The first-order valence-electron chi connectivity index (χ1n) is 6.33. The molecule has 0 saturated carbocycles. The van der Waals surface area contributed by atoms with E-state index >= 15 is 0 Å². The van der Waals surface area contributed by atoms with Gasteiger partial charge in [-0.1, -0.05) is 19.9 Å². The maximum Gasteiger partial charge on any atom is 0.240 e. The fraction of sp³-hybridized carbons (Fsp3) is 0.500. The smallest absolute Gasteiger partial charge is 0.240 e. The zero-order chi connectivity index (χ0) is 15.6. The van der Waals surface area contributed by atoms with Crippen LogP contribution in [0.2, 0.25) is 0 Å². The Kier molecular flexibility index (Phi) is 4.92. The largest absolute Gasteiger partial charge is 0.389 e. The Morgan fingerprint density at radius 3 is 2.55 bits per heavy atom. The van der Waals surface area contributed by atoms with Crippen molar-refractivity contribution in [1.29, 1.82) is 5.26 Å². The predicted molar refractivity (Wildman–Crippen MR) is 76.5 cm³/mol. The second kappa shape index (κ2) is 5.92. The molecule has 1 atom stereocenters. The molecule has 0 amide bonds. The summed E-state index contributed by atoms with van der Waals surface area (Å²) in [4.78, 5) is 0.0658. The summed E-state index contributed by atoms with van der Waals surface area (Å²) >= 11 is 0. The molecule has 0 fully saturated rings. The number of hydrogen-bond acceptors (Lipinski definition) is 4. The molecule has 0 radical (unpaired) electrons. The van der Waals surface area contributed by atoms with E-state index in [0.29, 0.717) is 5.56 Å². The van der Waals surface area contributed by atoms with E-state index in [1.165, 1.54) is 6.07 Å². The Hall–Kier alpha value is -1.42. The zero-order valence-electron chi connectivity index (χ0n) is 12.1. The minimum atomic E-state index is -3.75. The molecular weight excluding hydrogens is 276 g/mol.